The standard InChI is InChI=1S/C21H21F4N3O2S/c1-20(2,13-8-9-16(14(22)10-13)31-21(23,24)25)28-19(30)15-11-17(29)27-18(26-15)12-6-4-3-5-7-12/h3-10,15,18,26H,11H2,1-2H3,(H,27,29)(H,28,30). The van der Waals surface area contributed by atoms with Crippen molar-refractivity contribution in [1.29, 1.82) is 0 Å². The van der Waals surface area contributed by atoms with E-state index in [1.54, 1.807) is 13.8 Å². The van der Waals surface area contributed by atoms with Crippen molar-refractivity contribution >= 4 is 23.6 Å². The molecule has 3 rings (SSSR count). The summed E-state index contributed by atoms with van der Waals surface area (Å²) in [6.45, 7) is 3.21. The number of amides is 2. The number of alkyl halides is 3. The molecule has 0 aliphatic carbocycles. The first-order valence-corrected chi connectivity index (χ1v) is 10.2. The van der Waals surface area contributed by atoms with Crippen molar-refractivity contribution in [3.63, 3.8) is 0 Å². The molecule has 0 saturated carbocycles. The van der Waals surface area contributed by atoms with Gasteiger partial charge in [0.05, 0.1) is 22.9 Å². The summed E-state index contributed by atoms with van der Waals surface area (Å²) < 4.78 is 51.8. The lowest BCUT2D eigenvalue weighted by Crippen LogP contribution is -2.58. The normalized spacial score (nSPS) is 19.6. The summed E-state index contributed by atoms with van der Waals surface area (Å²) in [6, 6.07) is 11.6. The number of thioether (sulfide) groups is 1. The zero-order chi connectivity index (χ0) is 22.8. The third-order valence-corrected chi connectivity index (χ3v) is 5.61. The molecule has 2 atom stereocenters. The number of hydrogen-bond donors (Lipinski definition) is 3. The van der Waals surface area contributed by atoms with Gasteiger partial charge in [-0.25, -0.2) is 4.39 Å². The average molecular weight is 455 g/mol. The zero-order valence-electron chi connectivity index (χ0n) is 16.7. The fourth-order valence-electron chi connectivity index (χ4n) is 3.26. The Morgan fingerprint density at radius 3 is 2.42 bits per heavy atom. The lowest BCUT2D eigenvalue weighted by Gasteiger charge is -2.34. The second-order valence-corrected chi connectivity index (χ2v) is 8.75. The van der Waals surface area contributed by atoms with E-state index in [0.29, 0.717) is 5.56 Å². The molecule has 31 heavy (non-hydrogen) atoms. The Labute approximate surface area is 181 Å². The largest absolute Gasteiger partial charge is 0.446 e. The molecule has 0 aromatic heterocycles. The molecule has 1 aliphatic heterocycles. The number of halogens is 4. The molecule has 3 N–H and O–H groups in total. The lowest BCUT2D eigenvalue weighted by molar-refractivity contribution is -0.132. The van der Waals surface area contributed by atoms with Crippen LogP contribution in [0.15, 0.2) is 53.4 Å². The van der Waals surface area contributed by atoms with E-state index < -0.39 is 51.6 Å². The first-order valence-electron chi connectivity index (χ1n) is 9.43. The molecule has 5 nitrogen and oxygen atoms in total. The molecule has 1 aliphatic rings. The van der Waals surface area contributed by atoms with Crippen LogP contribution in [0.1, 0.15) is 37.6 Å². The van der Waals surface area contributed by atoms with Crippen LogP contribution < -0.4 is 16.0 Å². The molecule has 2 aromatic rings. The summed E-state index contributed by atoms with van der Waals surface area (Å²) in [5.41, 5.74) is -4.61. The van der Waals surface area contributed by atoms with Crippen molar-refractivity contribution in [2.45, 2.75) is 48.4 Å². The topological polar surface area (TPSA) is 70.2 Å². The molecule has 10 heteroatoms. The number of rotatable bonds is 5. The van der Waals surface area contributed by atoms with Crippen molar-refractivity contribution in [2.24, 2.45) is 0 Å². The molecule has 2 aromatic carbocycles. The third kappa shape index (κ3) is 5.98. The minimum Gasteiger partial charge on any atom is -0.346 e. The summed E-state index contributed by atoms with van der Waals surface area (Å²) in [5.74, 6) is -1.80. The van der Waals surface area contributed by atoms with Gasteiger partial charge in [0.1, 0.15) is 12.0 Å². The van der Waals surface area contributed by atoms with Crippen molar-refractivity contribution < 1.29 is 27.2 Å². The predicted molar refractivity (Wildman–Crippen MR) is 108 cm³/mol. The maximum absolute atomic E-state index is 14.2. The van der Waals surface area contributed by atoms with Gasteiger partial charge < -0.3 is 10.6 Å². The molecule has 0 bridgehead atoms. The van der Waals surface area contributed by atoms with Gasteiger partial charge in [-0.05, 0) is 48.9 Å². The monoisotopic (exact) mass is 455 g/mol. The number of hydrogen-bond acceptors (Lipinski definition) is 4. The summed E-state index contributed by atoms with van der Waals surface area (Å²) in [4.78, 5) is 24.4. The van der Waals surface area contributed by atoms with Gasteiger partial charge in [-0.15, -0.1) is 0 Å². The average Bonchev–Trinajstić information content (AvgIpc) is 2.68. The van der Waals surface area contributed by atoms with Gasteiger partial charge >= 0.3 is 5.51 Å². The van der Waals surface area contributed by atoms with Crippen LogP contribution in [0.3, 0.4) is 0 Å². The first-order chi connectivity index (χ1) is 14.4. The Bertz CT molecular complexity index is 967. The van der Waals surface area contributed by atoms with E-state index in [4.69, 9.17) is 0 Å². The summed E-state index contributed by atoms with van der Waals surface area (Å²) in [5, 5.41) is 8.60. The molecule has 2 amide bonds. The molecular weight excluding hydrogens is 434 g/mol. The van der Waals surface area contributed by atoms with E-state index in [9.17, 15) is 27.2 Å². The Hall–Kier alpha value is -2.59. The van der Waals surface area contributed by atoms with Gasteiger partial charge in [0, 0.05) is 0 Å². The molecule has 0 radical (unpaired) electrons. The molecule has 2 unspecified atom stereocenters. The minimum atomic E-state index is -4.60. The molecule has 1 saturated heterocycles. The van der Waals surface area contributed by atoms with Crippen LogP contribution in [0.4, 0.5) is 17.6 Å². The fourth-order valence-corrected chi connectivity index (χ4v) is 3.81. The Kier molecular flexibility index (Phi) is 6.61. The van der Waals surface area contributed by atoms with Crippen molar-refractivity contribution in [2.75, 3.05) is 0 Å². The summed E-state index contributed by atoms with van der Waals surface area (Å²) >= 11 is -0.535. The van der Waals surface area contributed by atoms with E-state index >= 15 is 0 Å². The third-order valence-electron chi connectivity index (χ3n) is 4.83. The zero-order valence-corrected chi connectivity index (χ0v) is 17.5. The van der Waals surface area contributed by atoms with Gasteiger partial charge in [0.25, 0.3) is 0 Å². The molecule has 0 spiro atoms. The van der Waals surface area contributed by atoms with Crippen LogP contribution in [0.2, 0.25) is 0 Å². The second kappa shape index (κ2) is 8.88. The molecule has 1 fully saturated rings. The quantitative estimate of drug-likeness (QED) is 0.472. The van der Waals surface area contributed by atoms with E-state index in [1.807, 2.05) is 30.3 Å². The number of carbonyl (C=O) groups is 2. The maximum Gasteiger partial charge on any atom is 0.446 e. The van der Waals surface area contributed by atoms with Crippen LogP contribution in [-0.2, 0) is 15.1 Å². The highest BCUT2D eigenvalue weighted by Crippen LogP contribution is 2.39. The van der Waals surface area contributed by atoms with Gasteiger partial charge in [-0.2, -0.15) is 13.2 Å². The number of nitrogens with one attached hydrogen (secondary N) is 3. The Morgan fingerprint density at radius 1 is 1.13 bits per heavy atom. The predicted octanol–water partition coefficient (Wildman–Crippen LogP) is 3.97. The number of carbonyl (C=O) groups excluding carboxylic acids is 2. The van der Waals surface area contributed by atoms with E-state index in [0.717, 1.165) is 17.7 Å². The van der Waals surface area contributed by atoms with E-state index in [2.05, 4.69) is 16.0 Å². The van der Waals surface area contributed by atoms with Crippen LogP contribution in [-0.4, -0.2) is 23.4 Å². The number of benzene rings is 2. The molecule has 166 valence electrons. The van der Waals surface area contributed by atoms with Crippen molar-refractivity contribution in [1.82, 2.24) is 16.0 Å². The second-order valence-electron chi connectivity index (χ2n) is 7.64. The van der Waals surface area contributed by atoms with Gasteiger partial charge in [0.15, 0.2) is 0 Å². The summed E-state index contributed by atoms with van der Waals surface area (Å²) in [7, 11) is 0. The van der Waals surface area contributed by atoms with Crippen molar-refractivity contribution in [3.8, 4) is 0 Å². The van der Waals surface area contributed by atoms with Crippen LogP contribution in [0.25, 0.3) is 0 Å². The van der Waals surface area contributed by atoms with Crippen LogP contribution in [0.5, 0.6) is 0 Å². The van der Waals surface area contributed by atoms with Gasteiger partial charge in [-0.1, -0.05) is 36.4 Å². The Morgan fingerprint density at radius 2 is 1.81 bits per heavy atom. The van der Waals surface area contributed by atoms with E-state index in [1.165, 1.54) is 6.07 Å². The van der Waals surface area contributed by atoms with Crippen LogP contribution >= 0.6 is 11.8 Å². The maximum atomic E-state index is 14.2. The van der Waals surface area contributed by atoms with Gasteiger partial charge in [-0.3, -0.25) is 14.9 Å². The lowest BCUT2D eigenvalue weighted by atomic mass is 9.93. The van der Waals surface area contributed by atoms with Crippen molar-refractivity contribution in [3.05, 3.63) is 65.5 Å². The van der Waals surface area contributed by atoms with E-state index in [-0.39, 0.29) is 12.3 Å². The highest BCUT2D eigenvalue weighted by atomic mass is 32.2. The smallest absolute Gasteiger partial charge is 0.346 e. The van der Waals surface area contributed by atoms with Gasteiger partial charge in [0.2, 0.25) is 11.8 Å². The fraction of sp³-hybridized carbons (Fsp3) is 0.333. The SMILES string of the molecule is CC(C)(NC(=O)C1CC(=O)NC(c2ccccc2)N1)c1ccc(SC(F)(F)F)c(F)c1. The van der Waals surface area contributed by atoms with Crippen LogP contribution in [0, 0.1) is 5.82 Å². The highest BCUT2D eigenvalue weighted by molar-refractivity contribution is 8.00. The summed E-state index contributed by atoms with van der Waals surface area (Å²) in [6.07, 6.45) is -0.627. The first kappa shape index (κ1) is 23.1. The minimum absolute atomic E-state index is 0.0826. The molecule has 1 heterocycles. The Balaban J connectivity index is 1.72. The molecular formula is C21H21F4N3O2S. The highest BCUT2D eigenvalue weighted by Gasteiger charge is 2.35.